The van der Waals surface area contributed by atoms with E-state index in [9.17, 15) is 9.18 Å². The Morgan fingerprint density at radius 3 is 2.50 bits per heavy atom. The van der Waals surface area contributed by atoms with Gasteiger partial charge < -0.3 is 15.1 Å². The van der Waals surface area contributed by atoms with Crippen LogP contribution in [0.4, 0.5) is 20.6 Å². The number of carbonyl (C=O) groups excluding carboxylic acids is 1. The number of rotatable bonds is 2. The summed E-state index contributed by atoms with van der Waals surface area (Å²) in [5.74, 6) is -0.421. The molecule has 0 unspecified atom stereocenters. The number of hydrogen-bond donors (Lipinski definition) is 1. The molecule has 0 atom stereocenters. The summed E-state index contributed by atoms with van der Waals surface area (Å²) in [5.41, 5.74) is 2.61. The van der Waals surface area contributed by atoms with Gasteiger partial charge in [-0.15, -0.1) is 0 Å². The van der Waals surface area contributed by atoms with E-state index in [2.05, 4.69) is 45.2 Å². The minimum absolute atomic E-state index is 0.216. The third-order valence-electron chi connectivity index (χ3n) is 4.18. The van der Waals surface area contributed by atoms with Crippen molar-refractivity contribution in [3.05, 3.63) is 58.3 Å². The number of anilines is 2. The van der Waals surface area contributed by atoms with Gasteiger partial charge in [-0.05, 0) is 42.8 Å². The summed E-state index contributed by atoms with van der Waals surface area (Å²) in [6.45, 7) is 4.81. The predicted octanol–water partition coefficient (Wildman–Crippen LogP) is 4.25. The maximum absolute atomic E-state index is 13.6. The molecule has 2 aromatic rings. The van der Waals surface area contributed by atoms with Crippen LogP contribution in [-0.2, 0) is 0 Å². The van der Waals surface area contributed by atoms with Crippen LogP contribution in [0.5, 0.6) is 0 Å². The lowest BCUT2D eigenvalue weighted by atomic mass is 10.1. The summed E-state index contributed by atoms with van der Waals surface area (Å²) >= 11 is 3.48. The van der Waals surface area contributed by atoms with Crippen molar-refractivity contribution >= 4 is 33.3 Å². The Kier molecular flexibility index (Phi) is 5.04. The van der Waals surface area contributed by atoms with Crippen molar-refractivity contribution in [2.24, 2.45) is 0 Å². The predicted molar refractivity (Wildman–Crippen MR) is 98.1 cm³/mol. The lowest BCUT2D eigenvalue weighted by Crippen LogP contribution is -2.50. The molecule has 1 heterocycles. The molecule has 1 aliphatic heterocycles. The number of aryl methyl sites for hydroxylation is 1. The highest BCUT2D eigenvalue weighted by Gasteiger charge is 2.22. The Morgan fingerprint density at radius 1 is 1.12 bits per heavy atom. The number of nitrogens with zero attached hydrogens (tertiary/aromatic N) is 2. The van der Waals surface area contributed by atoms with Crippen molar-refractivity contribution in [1.29, 1.82) is 0 Å². The van der Waals surface area contributed by atoms with Crippen LogP contribution in [0.25, 0.3) is 0 Å². The van der Waals surface area contributed by atoms with E-state index < -0.39 is 5.82 Å². The van der Waals surface area contributed by atoms with E-state index in [1.807, 2.05) is 6.07 Å². The molecule has 1 saturated heterocycles. The Morgan fingerprint density at radius 2 is 1.83 bits per heavy atom. The SMILES string of the molecule is Cc1cc(Br)ccc1N1CCN(C(=O)Nc2ccccc2F)CC1. The monoisotopic (exact) mass is 391 g/mol. The van der Waals surface area contributed by atoms with E-state index in [1.54, 1.807) is 23.1 Å². The van der Waals surface area contributed by atoms with Gasteiger partial charge in [-0.2, -0.15) is 0 Å². The van der Waals surface area contributed by atoms with Crippen LogP contribution in [0.1, 0.15) is 5.56 Å². The van der Waals surface area contributed by atoms with Gasteiger partial charge >= 0.3 is 6.03 Å². The number of piperazine rings is 1. The van der Waals surface area contributed by atoms with Crippen LogP contribution in [0.2, 0.25) is 0 Å². The molecule has 1 aliphatic rings. The largest absolute Gasteiger partial charge is 0.368 e. The van der Waals surface area contributed by atoms with E-state index in [1.165, 1.54) is 17.3 Å². The average molecular weight is 392 g/mol. The quantitative estimate of drug-likeness (QED) is 0.830. The van der Waals surface area contributed by atoms with Gasteiger partial charge in [-0.1, -0.05) is 28.1 Å². The van der Waals surface area contributed by atoms with Gasteiger partial charge in [0, 0.05) is 36.3 Å². The molecule has 3 rings (SSSR count). The van der Waals surface area contributed by atoms with Crippen molar-refractivity contribution in [3.63, 3.8) is 0 Å². The Bertz CT molecular complexity index is 745. The Labute approximate surface area is 149 Å². The highest BCUT2D eigenvalue weighted by Crippen LogP contribution is 2.25. The first kappa shape index (κ1) is 16.8. The second kappa shape index (κ2) is 7.21. The Balaban J connectivity index is 1.60. The number of urea groups is 1. The maximum Gasteiger partial charge on any atom is 0.322 e. The minimum Gasteiger partial charge on any atom is -0.368 e. The van der Waals surface area contributed by atoms with Gasteiger partial charge in [0.05, 0.1) is 5.69 Å². The van der Waals surface area contributed by atoms with Gasteiger partial charge in [0.25, 0.3) is 0 Å². The molecular formula is C18H19BrFN3O. The smallest absolute Gasteiger partial charge is 0.322 e. The molecule has 0 aliphatic carbocycles. The first-order valence-electron chi connectivity index (χ1n) is 7.86. The second-order valence-electron chi connectivity index (χ2n) is 5.81. The van der Waals surface area contributed by atoms with E-state index in [0.29, 0.717) is 13.1 Å². The van der Waals surface area contributed by atoms with Crippen molar-refractivity contribution < 1.29 is 9.18 Å². The van der Waals surface area contributed by atoms with Crippen molar-refractivity contribution in [2.45, 2.75) is 6.92 Å². The van der Waals surface area contributed by atoms with E-state index >= 15 is 0 Å². The zero-order valence-corrected chi connectivity index (χ0v) is 15.0. The zero-order chi connectivity index (χ0) is 17.1. The number of benzene rings is 2. The number of hydrogen-bond acceptors (Lipinski definition) is 2. The van der Waals surface area contributed by atoms with Crippen molar-refractivity contribution in [3.8, 4) is 0 Å². The van der Waals surface area contributed by atoms with Gasteiger partial charge in [-0.3, -0.25) is 0 Å². The molecule has 4 nitrogen and oxygen atoms in total. The van der Waals surface area contributed by atoms with Crippen LogP contribution in [0.15, 0.2) is 46.9 Å². The number of para-hydroxylation sites is 1. The first-order valence-corrected chi connectivity index (χ1v) is 8.65. The molecular weight excluding hydrogens is 373 g/mol. The van der Waals surface area contributed by atoms with Crippen LogP contribution in [0.3, 0.4) is 0 Å². The summed E-state index contributed by atoms with van der Waals surface area (Å²) in [6, 6.07) is 12.2. The topological polar surface area (TPSA) is 35.6 Å². The number of nitrogens with one attached hydrogen (secondary N) is 1. The summed E-state index contributed by atoms with van der Waals surface area (Å²) < 4.78 is 14.7. The van der Waals surface area contributed by atoms with Crippen LogP contribution in [0, 0.1) is 12.7 Å². The van der Waals surface area contributed by atoms with Crippen LogP contribution in [-0.4, -0.2) is 37.1 Å². The third-order valence-corrected chi connectivity index (χ3v) is 4.68. The fourth-order valence-corrected chi connectivity index (χ4v) is 3.36. The lowest BCUT2D eigenvalue weighted by Gasteiger charge is -2.36. The van der Waals surface area contributed by atoms with Gasteiger partial charge in [0.2, 0.25) is 0 Å². The highest BCUT2D eigenvalue weighted by molar-refractivity contribution is 9.10. The standard InChI is InChI=1S/C18H19BrFN3O/c1-13-12-14(19)6-7-17(13)22-8-10-23(11-9-22)18(24)21-16-5-3-2-4-15(16)20/h2-7,12H,8-11H2,1H3,(H,21,24). The van der Waals surface area contributed by atoms with Crippen molar-refractivity contribution in [2.75, 3.05) is 36.4 Å². The van der Waals surface area contributed by atoms with Crippen LogP contribution >= 0.6 is 15.9 Å². The highest BCUT2D eigenvalue weighted by atomic mass is 79.9. The van der Waals surface area contributed by atoms with Gasteiger partial charge in [-0.25, -0.2) is 9.18 Å². The number of amides is 2. The van der Waals surface area contributed by atoms with Crippen molar-refractivity contribution in [1.82, 2.24) is 4.90 Å². The molecule has 0 bridgehead atoms. The van der Waals surface area contributed by atoms with E-state index in [-0.39, 0.29) is 11.7 Å². The maximum atomic E-state index is 13.6. The third kappa shape index (κ3) is 3.70. The molecule has 0 saturated carbocycles. The Hall–Kier alpha value is -2.08. The first-order chi connectivity index (χ1) is 11.5. The number of halogens is 2. The van der Waals surface area contributed by atoms with E-state index in [4.69, 9.17) is 0 Å². The molecule has 24 heavy (non-hydrogen) atoms. The van der Waals surface area contributed by atoms with Gasteiger partial charge in [0.15, 0.2) is 0 Å². The summed E-state index contributed by atoms with van der Waals surface area (Å²) in [7, 11) is 0. The molecule has 6 heteroatoms. The fourth-order valence-electron chi connectivity index (χ4n) is 2.88. The molecule has 0 aromatic heterocycles. The lowest BCUT2D eigenvalue weighted by molar-refractivity contribution is 0.208. The summed E-state index contributed by atoms with van der Waals surface area (Å²) in [4.78, 5) is 16.3. The molecule has 2 aromatic carbocycles. The summed E-state index contributed by atoms with van der Waals surface area (Å²) in [5, 5.41) is 2.64. The van der Waals surface area contributed by atoms with Crippen LogP contribution < -0.4 is 10.2 Å². The van der Waals surface area contributed by atoms with Gasteiger partial charge in [0.1, 0.15) is 5.82 Å². The second-order valence-corrected chi connectivity index (χ2v) is 6.73. The average Bonchev–Trinajstić information content (AvgIpc) is 2.57. The minimum atomic E-state index is -0.421. The normalized spacial score (nSPS) is 14.6. The molecule has 1 fully saturated rings. The number of carbonyl (C=O) groups is 1. The summed E-state index contributed by atoms with van der Waals surface area (Å²) in [6.07, 6.45) is 0. The zero-order valence-electron chi connectivity index (χ0n) is 13.4. The molecule has 2 amide bonds. The van der Waals surface area contributed by atoms with E-state index in [0.717, 1.165) is 17.6 Å². The molecule has 126 valence electrons. The molecule has 0 spiro atoms. The molecule has 0 radical (unpaired) electrons. The molecule has 1 N–H and O–H groups in total. The fraction of sp³-hybridized carbons (Fsp3) is 0.278.